The molecule has 0 saturated carbocycles. The van der Waals surface area contributed by atoms with E-state index < -0.39 is 17.1 Å². The van der Waals surface area contributed by atoms with Crippen molar-refractivity contribution in [1.29, 1.82) is 0 Å². The minimum atomic E-state index is -0.807. The van der Waals surface area contributed by atoms with Gasteiger partial charge in [0.05, 0.1) is 12.5 Å². The van der Waals surface area contributed by atoms with Crippen LogP contribution in [-0.4, -0.2) is 42.8 Å². The zero-order valence-corrected chi connectivity index (χ0v) is 12.7. The molecule has 1 saturated heterocycles. The summed E-state index contributed by atoms with van der Waals surface area (Å²) in [5.74, 6) is 2.16. The maximum atomic E-state index is 12.1. The average Bonchev–Trinajstić information content (AvgIpc) is 2.36. The van der Waals surface area contributed by atoms with Gasteiger partial charge in [-0.1, -0.05) is 0 Å². The lowest BCUT2D eigenvalue weighted by Gasteiger charge is -2.40. The van der Waals surface area contributed by atoms with Crippen molar-refractivity contribution in [2.45, 2.75) is 45.6 Å². The summed E-state index contributed by atoms with van der Waals surface area (Å²) in [7, 11) is 1.34. The molecule has 0 aromatic heterocycles. The molecule has 1 aliphatic rings. The number of hydrogen-bond donors (Lipinski definition) is 0. The van der Waals surface area contributed by atoms with Crippen molar-refractivity contribution in [2.24, 2.45) is 5.41 Å². The minimum Gasteiger partial charge on any atom is -0.469 e. The maximum Gasteiger partial charge on any atom is 0.410 e. The first-order chi connectivity index (χ1) is 9.24. The Hall–Kier alpha value is -1.70. The van der Waals surface area contributed by atoms with E-state index in [4.69, 9.17) is 15.9 Å². The summed E-state index contributed by atoms with van der Waals surface area (Å²) < 4.78 is 10.2. The Labute approximate surface area is 120 Å². The maximum absolute atomic E-state index is 12.1. The highest BCUT2D eigenvalue weighted by atomic mass is 16.6. The number of carbonyl (C=O) groups is 2. The van der Waals surface area contributed by atoms with E-state index in [0.717, 1.165) is 0 Å². The van der Waals surface area contributed by atoms with Crippen LogP contribution < -0.4 is 0 Å². The van der Waals surface area contributed by atoms with Crippen LogP contribution >= 0.6 is 0 Å². The molecule has 1 atom stereocenters. The normalized spacial score (nSPS) is 22.9. The van der Waals surface area contributed by atoms with Gasteiger partial charge in [0, 0.05) is 19.5 Å². The van der Waals surface area contributed by atoms with Gasteiger partial charge in [-0.25, -0.2) is 4.79 Å². The van der Waals surface area contributed by atoms with Crippen molar-refractivity contribution in [3.8, 4) is 12.3 Å². The Balaban J connectivity index is 2.85. The van der Waals surface area contributed by atoms with E-state index in [1.165, 1.54) is 7.11 Å². The molecule has 0 spiro atoms. The van der Waals surface area contributed by atoms with E-state index in [1.54, 1.807) is 4.90 Å². The molecular weight excluding hydrogens is 258 g/mol. The topological polar surface area (TPSA) is 55.8 Å². The Morgan fingerprint density at radius 1 is 1.40 bits per heavy atom. The highest BCUT2D eigenvalue weighted by molar-refractivity contribution is 5.79. The van der Waals surface area contributed by atoms with Gasteiger partial charge in [0.2, 0.25) is 0 Å². The monoisotopic (exact) mass is 281 g/mol. The Kier molecular flexibility index (Phi) is 5.04. The Bertz CT molecular complexity index is 419. The molecule has 1 fully saturated rings. The van der Waals surface area contributed by atoms with Crippen molar-refractivity contribution in [3.63, 3.8) is 0 Å². The molecule has 0 aromatic rings. The van der Waals surface area contributed by atoms with Gasteiger partial charge in [-0.2, -0.15) is 0 Å². The van der Waals surface area contributed by atoms with Crippen LogP contribution in [0.4, 0.5) is 4.79 Å². The lowest BCUT2D eigenvalue weighted by atomic mass is 9.77. The Morgan fingerprint density at radius 3 is 2.55 bits per heavy atom. The van der Waals surface area contributed by atoms with Crippen LogP contribution in [-0.2, 0) is 14.3 Å². The number of carbonyl (C=O) groups excluding carboxylic acids is 2. The molecule has 1 heterocycles. The number of likely N-dealkylation sites (tertiary alicyclic amines) is 1. The number of ether oxygens (including phenoxy) is 2. The highest BCUT2D eigenvalue weighted by Gasteiger charge is 2.44. The molecule has 0 aliphatic carbocycles. The van der Waals surface area contributed by atoms with Gasteiger partial charge in [-0.05, 0) is 33.6 Å². The average molecular weight is 281 g/mol. The quantitative estimate of drug-likeness (QED) is 0.575. The molecule has 0 N–H and O–H groups in total. The van der Waals surface area contributed by atoms with Crippen molar-refractivity contribution >= 4 is 12.1 Å². The fourth-order valence-corrected chi connectivity index (χ4v) is 2.41. The molecule has 5 heteroatoms. The van der Waals surface area contributed by atoms with Gasteiger partial charge in [-0.3, -0.25) is 4.79 Å². The molecule has 0 radical (unpaired) electrons. The minimum absolute atomic E-state index is 0.249. The van der Waals surface area contributed by atoms with Crippen molar-refractivity contribution in [2.75, 3.05) is 20.2 Å². The third kappa shape index (κ3) is 3.89. The van der Waals surface area contributed by atoms with Gasteiger partial charge in [0.15, 0.2) is 0 Å². The van der Waals surface area contributed by atoms with Gasteiger partial charge >= 0.3 is 12.1 Å². The smallest absolute Gasteiger partial charge is 0.410 e. The van der Waals surface area contributed by atoms with Gasteiger partial charge < -0.3 is 14.4 Å². The summed E-state index contributed by atoms with van der Waals surface area (Å²) >= 11 is 0. The second-order valence-corrected chi connectivity index (χ2v) is 6.16. The number of methoxy groups -OCH3 is 1. The molecule has 20 heavy (non-hydrogen) atoms. The van der Waals surface area contributed by atoms with Gasteiger partial charge in [0.1, 0.15) is 5.60 Å². The lowest BCUT2D eigenvalue weighted by molar-refractivity contribution is -0.155. The van der Waals surface area contributed by atoms with Crippen LogP contribution in [0.5, 0.6) is 0 Å². The SMILES string of the molecule is C#CCC1(C(=O)OC)CCCN(C(=O)OC(C)(C)C)C1. The predicted molar refractivity (Wildman–Crippen MR) is 74.9 cm³/mol. The van der Waals surface area contributed by atoms with E-state index in [2.05, 4.69) is 5.92 Å². The number of nitrogens with zero attached hydrogens (tertiary/aromatic N) is 1. The van der Waals surface area contributed by atoms with E-state index in [-0.39, 0.29) is 18.9 Å². The predicted octanol–water partition coefficient (Wildman–Crippen LogP) is 2.20. The Morgan fingerprint density at radius 2 is 2.05 bits per heavy atom. The summed E-state index contributed by atoms with van der Waals surface area (Å²) in [5.41, 5.74) is -1.37. The largest absolute Gasteiger partial charge is 0.469 e. The number of piperidine rings is 1. The van der Waals surface area contributed by atoms with E-state index >= 15 is 0 Å². The fourth-order valence-electron chi connectivity index (χ4n) is 2.41. The van der Waals surface area contributed by atoms with Crippen molar-refractivity contribution < 1.29 is 19.1 Å². The lowest BCUT2D eigenvalue weighted by Crippen LogP contribution is -2.51. The summed E-state index contributed by atoms with van der Waals surface area (Å²) in [6, 6.07) is 0. The first kappa shape index (κ1) is 16.4. The second kappa shape index (κ2) is 6.17. The van der Waals surface area contributed by atoms with Crippen LogP contribution in [0.2, 0.25) is 0 Å². The molecule has 1 aliphatic heterocycles. The number of rotatable bonds is 2. The number of hydrogen-bond acceptors (Lipinski definition) is 4. The van der Waals surface area contributed by atoms with E-state index in [9.17, 15) is 9.59 Å². The molecule has 1 amide bonds. The van der Waals surface area contributed by atoms with E-state index in [1.807, 2.05) is 20.8 Å². The first-order valence-electron chi connectivity index (χ1n) is 6.74. The molecule has 5 nitrogen and oxygen atoms in total. The highest BCUT2D eigenvalue weighted by Crippen LogP contribution is 2.35. The third-order valence-corrected chi connectivity index (χ3v) is 3.29. The molecule has 1 rings (SSSR count). The second-order valence-electron chi connectivity index (χ2n) is 6.16. The fraction of sp³-hybridized carbons (Fsp3) is 0.733. The molecule has 112 valence electrons. The zero-order chi connectivity index (χ0) is 15.4. The third-order valence-electron chi connectivity index (χ3n) is 3.29. The summed E-state index contributed by atoms with van der Waals surface area (Å²) in [4.78, 5) is 25.7. The van der Waals surface area contributed by atoms with Gasteiger partial charge in [-0.15, -0.1) is 12.3 Å². The van der Waals surface area contributed by atoms with Crippen LogP contribution in [0.15, 0.2) is 0 Å². The molecule has 1 unspecified atom stereocenters. The van der Waals surface area contributed by atoms with Gasteiger partial charge in [0.25, 0.3) is 0 Å². The van der Waals surface area contributed by atoms with Crippen LogP contribution in [0.3, 0.4) is 0 Å². The van der Waals surface area contributed by atoms with Crippen LogP contribution in [0.1, 0.15) is 40.0 Å². The summed E-state index contributed by atoms with van der Waals surface area (Å²) in [5, 5.41) is 0. The standard InChI is InChI=1S/C15H23NO4/c1-6-8-15(12(17)19-5)9-7-10-16(11-15)13(18)20-14(2,3)4/h1H,7-11H2,2-5H3. The molecular formula is C15H23NO4. The van der Waals surface area contributed by atoms with Crippen LogP contribution in [0.25, 0.3) is 0 Å². The summed E-state index contributed by atoms with van der Waals surface area (Å²) in [6.07, 6.45) is 6.55. The molecule has 0 bridgehead atoms. The van der Waals surface area contributed by atoms with E-state index in [0.29, 0.717) is 19.4 Å². The molecule has 0 aromatic carbocycles. The first-order valence-corrected chi connectivity index (χ1v) is 6.74. The summed E-state index contributed by atoms with van der Waals surface area (Å²) in [6.45, 7) is 6.24. The van der Waals surface area contributed by atoms with Crippen molar-refractivity contribution in [1.82, 2.24) is 4.90 Å². The number of esters is 1. The number of amides is 1. The zero-order valence-electron chi connectivity index (χ0n) is 12.7. The van der Waals surface area contributed by atoms with Crippen LogP contribution in [0, 0.1) is 17.8 Å². The number of terminal acetylenes is 1. The van der Waals surface area contributed by atoms with Crippen molar-refractivity contribution in [3.05, 3.63) is 0 Å².